The topological polar surface area (TPSA) is 338 Å². The van der Waals surface area contributed by atoms with Crippen LogP contribution in [-0.2, 0) is 73.3 Å². The summed E-state index contributed by atoms with van der Waals surface area (Å²) in [5.41, 5.74) is 4.00. The van der Waals surface area contributed by atoms with Crippen molar-refractivity contribution in [3.05, 3.63) is 90.6 Å². The van der Waals surface area contributed by atoms with Gasteiger partial charge in [0.1, 0.15) is 66.3 Å². The molecule has 0 aromatic heterocycles. The number of alkyl carbamates (subject to hydrolysis) is 1. The Labute approximate surface area is 627 Å². The number of nitrogens with one attached hydrogen (secondary N) is 2. The van der Waals surface area contributed by atoms with Gasteiger partial charge in [-0.2, -0.15) is 5.48 Å². The second-order valence-electron chi connectivity index (χ2n) is 27.3. The zero-order chi connectivity index (χ0) is 75.2. The lowest BCUT2D eigenvalue weighted by molar-refractivity contribution is -0.335. The summed E-state index contributed by atoms with van der Waals surface area (Å²) in [6, 6.07) is 6.55. The van der Waals surface area contributed by atoms with E-state index in [0.717, 1.165) is 22.9 Å². The monoisotopic (exact) mass is 1600 g/mol. The van der Waals surface area contributed by atoms with Crippen molar-refractivity contribution in [2.24, 2.45) is 11.8 Å². The first kappa shape index (κ1) is 83.7. The number of aliphatic hydroxyl groups is 5. The van der Waals surface area contributed by atoms with Crippen LogP contribution in [0.5, 0.6) is 11.5 Å². The molecule has 2 bridgehead atoms. The van der Waals surface area contributed by atoms with Gasteiger partial charge in [-0.15, -0.1) is 0 Å². The lowest BCUT2D eigenvalue weighted by Gasteiger charge is -2.46. The maximum absolute atomic E-state index is 14.5. The highest BCUT2D eigenvalue weighted by Crippen LogP contribution is 2.47. The Kier molecular flexibility index (Phi) is 31.0. The van der Waals surface area contributed by atoms with E-state index in [2.05, 4.69) is 34.5 Å². The molecule has 103 heavy (non-hydrogen) atoms. The molecule has 7 N–H and O–H groups in total. The predicted octanol–water partition coefficient (Wildman–Crippen LogP) is 7.85. The summed E-state index contributed by atoms with van der Waals surface area (Å²) in [7, 11) is 6.90. The summed E-state index contributed by atoms with van der Waals surface area (Å²) in [6.45, 7) is 18.4. The average Bonchev–Trinajstić information content (AvgIpc) is 0.758. The molecule has 0 radical (unpaired) electrons. The number of carbonyl (C=O) groups excluding carboxylic acids is 6. The fourth-order valence-electron chi connectivity index (χ4n) is 13.0. The van der Waals surface area contributed by atoms with Gasteiger partial charge in [0.2, 0.25) is 11.4 Å². The number of allylic oxidation sites excluding steroid dienone is 2. The molecule has 566 valence electrons. The number of esters is 1. The van der Waals surface area contributed by atoms with Gasteiger partial charge in [0.25, 0.3) is 0 Å². The molecule has 4 heterocycles. The lowest BCUT2D eigenvalue weighted by Crippen LogP contribution is -2.64. The molecule has 0 saturated carbocycles. The van der Waals surface area contributed by atoms with Crippen molar-refractivity contribution in [3.63, 3.8) is 0 Å². The molecule has 29 heteroatoms. The molecule has 17 unspecified atom stereocenters. The maximum atomic E-state index is 14.5. The van der Waals surface area contributed by atoms with Gasteiger partial charge in [-0.1, -0.05) is 99.9 Å². The van der Waals surface area contributed by atoms with Crippen LogP contribution in [0.3, 0.4) is 0 Å². The van der Waals surface area contributed by atoms with Crippen LogP contribution in [0.1, 0.15) is 139 Å². The van der Waals surface area contributed by atoms with Crippen molar-refractivity contribution in [3.8, 4) is 35.2 Å². The summed E-state index contributed by atoms with van der Waals surface area (Å²) in [5.74, 6) is 10.8. The number of hydrogen-bond acceptors (Lipinski definition) is 27. The van der Waals surface area contributed by atoms with E-state index in [1.54, 1.807) is 40.7 Å². The quantitative estimate of drug-likeness (QED) is 0.00977. The molecule has 4 saturated heterocycles. The zero-order valence-electron chi connectivity index (χ0n) is 60.3. The van der Waals surface area contributed by atoms with Gasteiger partial charge in [-0.3, -0.25) is 24.0 Å². The van der Waals surface area contributed by atoms with E-state index in [1.165, 1.54) is 62.0 Å². The Hall–Kier alpha value is -4.98. The van der Waals surface area contributed by atoms with Crippen LogP contribution >= 0.6 is 55.9 Å². The van der Waals surface area contributed by atoms with Gasteiger partial charge in [-0.05, 0) is 133 Å². The summed E-state index contributed by atoms with van der Waals surface area (Å²) in [5, 5.41) is 60.3. The van der Waals surface area contributed by atoms with E-state index in [9.17, 15) is 54.3 Å². The predicted molar refractivity (Wildman–Crippen MR) is 392 cm³/mol. The minimum atomic E-state index is -2.13. The summed E-state index contributed by atoms with van der Waals surface area (Å²) in [4.78, 5) is 86.2. The van der Waals surface area contributed by atoms with E-state index in [4.69, 9.17) is 56.9 Å². The third-order valence-electron chi connectivity index (χ3n) is 19.0. The normalized spacial score (nSPS) is 31.5. The highest BCUT2D eigenvalue weighted by Gasteiger charge is 2.52. The van der Waals surface area contributed by atoms with Gasteiger partial charge >= 0.3 is 12.1 Å². The maximum Gasteiger partial charge on any atom is 0.407 e. The first-order chi connectivity index (χ1) is 48.9. The highest BCUT2D eigenvalue weighted by molar-refractivity contribution is 14.1. The molecule has 2 aromatic rings. The zero-order valence-corrected chi connectivity index (χ0v) is 64.9. The Morgan fingerprint density at radius 1 is 0.845 bits per heavy atom. The van der Waals surface area contributed by atoms with E-state index in [-0.39, 0.29) is 108 Å². The van der Waals surface area contributed by atoms with Crippen LogP contribution in [0.4, 0.5) is 4.79 Å². The SMILES string of the molecule is COC(=O)CC1=C2/C(=C/CSSC(C)(C)CCC(=O)CCCNC(=O)OCc3ccc(C)cc3)[C@](O)(C#C/C=C\C#C[C@@H]2OC2OC(C)C(NOC3CC(O)C(SC(=O)c4c(C)c(I)c(OC5OC(C)C(O)C(OC)C5O)c(C)c4OC)C(C)O3)C(O)C2OC2CC(C)C(CC(C)=O)CO2)CC1=O. The fraction of sp³-hybridized carbons (Fsp3) is 0.622. The molecular formula is C74H97IN2O23S3. The first-order valence-electron chi connectivity index (χ1n) is 34.4. The van der Waals surface area contributed by atoms with Crippen LogP contribution in [0, 0.1) is 59.9 Å². The highest BCUT2D eigenvalue weighted by atomic mass is 127. The molecule has 6 aliphatic rings. The Bertz CT molecular complexity index is 3580. The van der Waals surface area contributed by atoms with Crippen molar-refractivity contribution in [1.29, 1.82) is 0 Å². The number of aryl methyl sites for hydroxylation is 1. The third-order valence-corrected chi connectivity index (χ3v) is 24.8. The van der Waals surface area contributed by atoms with E-state index in [1.807, 2.05) is 74.6 Å². The molecule has 4 fully saturated rings. The van der Waals surface area contributed by atoms with Crippen molar-refractivity contribution in [1.82, 2.24) is 10.8 Å². The second kappa shape index (κ2) is 38.2. The van der Waals surface area contributed by atoms with Gasteiger partial charge in [-0.25, -0.2) is 4.79 Å². The van der Waals surface area contributed by atoms with E-state index < -0.39 is 144 Å². The van der Waals surface area contributed by atoms with E-state index >= 15 is 0 Å². The Morgan fingerprint density at radius 3 is 2.24 bits per heavy atom. The minimum absolute atomic E-state index is 0.00399. The molecule has 1 amide bonds. The number of methoxy groups -OCH3 is 3. The van der Waals surface area contributed by atoms with Gasteiger partial charge in [0.05, 0.1) is 78.5 Å². The van der Waals surface area contributed by atoms with Crippen molar-refractivity contribution >= 4 is 90.5 Å². The summed E-state index contributed by atoms with van der Waals surface area (Å²) >= 11 is 2.91. The lowest BCUT2D eigenvalue weighted by atomic mass is 9.72. The number of thioether (sulfide) groups is 1. The number of rotatable bonds is 30. The number of hydrogen-bond donors (Lipinski definition) is 7. The number of Topliss-reactive ketones (excluding diaryl/α,β-unsaturated/α-hetero) is 3. The van der Waals surface area contributed by atoms with Crippen LogP contribution in [-0.4, -0.2) is 208 Å². The molecule has 8 rings (SSSR count). The standard InChI is InChI=1S/C74H97IN2O23S3/c1-38-21-23-46(24-22-38)36-93-72(87)76-29-18-19-48(79)25-28-73(9,10)103-101-30-26-50-58-49(33-54(82)89-11)52(81)35-74(50,88)27-17-15-14-16-20-53(58)97-71-67(98-55-31-39(2)47(37-92-55)32-40(3)78)62(84)60(43(6)95-71)77-100-56-34-51(80)68(45(8)94-56)102-69(86)57-41(4)59(75)65(42(5)64(57)90-12)99-70-63(85)66(91-13)61(83)44(7)96-70/h14-15,21-24,26,39,43-45,47,51,53,55-56,60-63,66-68,70-71,77,80,83-85,88H,18-19,25,28-37H2,1-13H3,(H,76,87)/b15-14-,50-26-/t39?,43?,44?,45?,47?,51?,53-,55?,56?,60?,61?,62?,63?,66?,67?,68?,70?,71?,74-/m0/s1. The number of benzene rings is 2. The molecule has 2 aromatic carbocycles. The van der Waals surface area contributed by atoms with Crippen LogP contribution in [0.2, 0.25) is 0 Å². The van der Waals surface area contributed by atoms with E-state index in [0.29, 0.717) is 34.0 Å². The molecule has 4 aliphatic heterocycles. The number of halogens is 1. The molecule has 25 nitrogen and oxygen atoms in total. The van der Waals surface area contributed by atoms with Crippen molar-refractivity contribution in [2.45, 2.75) is 241 Å². The van der Waals surface area contributed by atoms with Gasteiger partial charge in [0, 0.05) is 78.5 Å². The smallest absolute Gasteiger partial charge is 0.407 e. The summed E-state index contributed by atoms with van der Waals surface area (Å²) in [6.07, 6.45) is -11.7. The average molecular weight is 1610 g/mol. The van der Waals surface area contributed by atoms with Crippen LogP contribution in [0.25, 0.3) is 0 Å². The van der Waals surface area contributed by atoms with Crippen molar-refractivity contribution in [2.75, 3.05) is 40.2 Å². The van der Waals surface area contributed by atoms with Crippen molar-refractivity contribution < 1.29 is 111 Å². The molecule has 19 atom stereocenters. The number of ether oxygens (including phenoxy) is 11. The van der Waals surface area contributed by atoms with Crippen LogP contribution < -0.4 is 20.3 Å². The number of aliphatic hydroxyl groups excluding tert-OH is 4. The number of ketones is 3. The second-order valence-corrected chi connectivity index (χ2v) is 32.6. The van der Waals surface area contributed by atoms with Gasteiger partial charge in [0.15, 0.2) is 30.3 Å². The number of fused-ring (bicyclic) bond motifs is 2. The first-order valence-corrected chi connectivity index (χ1v) is 38.7. The minimum Gasteiger partial charge on any atom is -0.496 e. The molecule has 2 aliphatic carbocycles. The summed E-state index contributed by atoms with van der Waals surface area (Å²) < 4.78 is 66.6. The largest absolute Gasteiger partial charge is 0.496 e. The molecule has 0 spiro atoms. The number of hydroxylamine groups is 1. The van der Waals surface area contributed by atoms with Crippen LogP contribution in [0.15, 0.2) is 59.2 Å². The number of carbonyl (C=O) groups is 6. The molecular weight excluding hydrogens is 1510 g/mol. The van der Waals surface area contributed by atoms with Gasteiger partial charge < -0.3 is 87.7 Å². The third kappa shape index (κ3) is 21.9. The number of amides is 1. The fourth-order valence-corrected chi connectivity index (χ4v) is 17.3. The Morgan fingerprint density at radius 2 is 1.56 bits per heavy atom. The Balaban J connectivity index is 0.969.